The van der Waals surface area contributed by atoms with Gasteiger partial charge in [-0.15, -0.1) is 0 Å². The highest BCUT2D eigenvalue weighted by Crippen LogP contribution is 2.20. The second kappa shape index (κ2) is 7.87. The number of piperidine rings is 1. The van der Waals surface area contributed by atoms with Crippen LogP contribution in [-0.2, 0) is 24.3 Å². The van der Waals surface area contributed by atoms with Crippen molar-refractivity contribution in [2.45, 2.75) is 12.8 Å². The fourth-order valence-corrected chi connectivity index (χ4v) is 3.33. The number of sulfonamides is 1. The molecule has 1 aromatic rings. The average Bonchev–Trinajstić information content (AvgIpc) is 2.54. The molecule has 1 N–H and O–H groups in total. The van der Waals surface area contributed by atoms with Gasteiger partial charge in [-0.25, -0.2) is 21.5 Å². The fourth-order valence-electron chi connectivity index (χ4n) is 2.45. The summed E-state index contributed by atoms with van der Waals surface area (Å²) in [6, 6.07) is 2.67. The average molecular weight is 376 g/mol. The minimum atomic E-state index is -3.29. The van der Waals surface area contributed by atoms with E-state index in [9.17, 15) is 26.8 Å². The summed E-state index contributed by atoms with van der Waals surface area (Å²) in [5.41, 5.74) is -0.219. The number of hydrogen-bond donors (Lipinski definition) is 1. The monoisotopic (exact) mass is 376 g/mol. The van der Waals surface area contributed by atoms with Gasteiger partial charge in [0.25, 0.3) is 5.91 Å². The molecule has 0 radical (unpaired) electrons. The smallest absolute Gasteiger partial charge is 0.309 e. The number of esters is 1. The molecular weight excluding hydrogens is 358 g/mol. The van der Waals surface area contributed by atoms with Crippen LogP contribution in [0.15, 0.2) is 18.2 Å². The van der Waals surface area contributed by atoms with Crippen molar-refractivity contribution in [3.05, 3.63) is 29.8 Å². The third-order valence-corrected chi connectivity index (χ3v) is 5.11. The SMILES string of the molecule is CS(=O)(=O)N1CCC(C(=O)OCC(=O)Nc2ccc(F)cc2F)CC1. The van der Waals surface area contributed by atoms with Gasteiger partial charge in [0.15, 0.2) is 6.61 Å². The summed E-state index contributed by atoms with van der Waals surface area (Å²) in [5.74, 6) is -3.57. The van der Waals surface area contributed by atoms with E-state index in [1.807, 2.05) is 0 Å². The number of anilines is 1. The maximum absolute atomic E-state index is 13.4. The Hall–Kier alpha value is -2.07. The quantitative estimate of drug-likeness (QED) is 0.778. The van der Waals surface area contributed by atoms with E-state index in [2.05, 4.69) is 5.32 Å². The predicted molar refractivity (Wildman–Crippen MR) is 85.1 cm³/mol. The second-order valence-corrected chi connectivity index (χ2v) is 7.70. The van der Waals surface area contributed by atoms with Gasteiger partial charge in [-0.05, 0) is 25.0 Å². The molecule has 138 valence electrons. The zero-order chi connectivity index (χ0) is 18.6. The van der Waals surface area contributed by atoms with E-state index in [0.717, 1.165) is 18.4 Å². The van der Waals surface area contributed by atoms with E-state index < -0.39 is 46.1 Å². The van der Waals surface area contributed by atoms with Crippen LogP contribution in [0, 0.1) is 17.6 Å². The van der Waals surface area contributed by atoms with E-state index in [1.165, 1.54) is 4.31 Å². The molecule has 0 unspecified atom stereocenters. The standard InChI is InChI=1S/C15H18F2N2O5S/c1-25(22,23)19-6-4-10(5-7-19)15(21)24-9-14(20)18-13-3-2-11(16)8-12(13)17/h2-3,8,10H,4-7,9H2,1H3,(H,18,20). The lowest BCUT2D eigenvalue weighted by Crippen LogP contribution is -2.40. The fraction of sp³-hybridized carbons (Fsp3) is 0.467. The Morgan fingerprint density at radius 2 is 1.92 bits per heavy atom. The van der Waals surface area contributed by atoms with Crippen molar-refractivity contribution in [3.8, 4) is 0 Å². The van der Waals surface area contributed by atoms with Gasteiger partial charge in [-0.2, -0.15) is 0 Å². The van der Waals surface area contributed by atoms with Crippen LogP contribution in [0.3, 0.4) is 0 Å². The molecule has 2 rings (SSSR count). The van der Waals surface area contributed by atoms with Gasteiger partial charge in [0.05, 0.1) is 17.9 Å². The van der Waals surface area contributed by atoms with Crippen LogP contribution in [0.25, 0.3) is 0 Å². The number of ether oxygens (including phenoxy) is 1. The second-order valence-electron chi connectivity index (χ2n) is 5.72. The lowest BCUT2D eigenvalue weighted by Gasteiger charge is -2.28. The lowest BCUT2D eigenvalue weighted by atomic mass is 9.98. The van der Waals surface area contributed by atoms with Crippen LogP contribution in [0.5, 0.6) is 0 Å². The van der Waals surface area contributed by atoms with Gasteiger partial charge in [0.2, 0.25) is 10.0 Å². The van der Waals surface area contributed by atoms with E-state index in [0.29, 0.717) is 18.9 Å². The van der Waals surface area contributed by atoms with E-state index in [4.69, 9.17) is 4.74 Å². The molecule has 1 aromatic carbocycles. The number of rotatable bonds is 5. The number of hydrogen-bond acceptors (Lipinski definition) is 5. The highest BCUT2D eigenvalue weighted by molar-refractivity contribution is 7.88. The van der Waals surface area contributed by atoms with Crippen molar-refractivity contribution in [3.63, 3.8) is 0 Å². The molecule has 1 aliphatic heterocycles. The van der Waals surface area contributed by atoms with Crippen LogP contribution < -0.4 is 5.32 Å². The summed E-state index contributed by atoms with van der Waals surface area (Å²) in [7, 11) is -3.29. The summed E-state index contributed by atoms with van der Waals surface area (Å²) in [4.78, 5) is 23.6. The first-order valence-corrected chi connectivity index (χ1v) is 9.38. The van der Waals surface area contributed by atoms with E-state index in [-0.39, 0.29) is 18.8 Å². The number of nitrogens with zero attached hydrogens (tertiary/aromatic N) is 1. The summed E-state index contributed by atoms with van der Waals surface area (Å²) in [6.07, 6.45) is 1.71. The number of benzene rings is 1. The number of nitrogens with one attached hydrogen (secondary N) is 1. The Morgan fingerprint density at radius 3 is 2.48 bits per heavy atom. The molecule has 10 heteroatoms. The number of carbonyl (C=O) groups is 2. The third-order valence-electron chi connectivity index (χ3n) is 3.81. The molecule has 1 fully saturated rings. The Labute approximate surface area is 144 Å². The van der Waals surface area contributed by atoms with Crippen LogP contribution in [0.2, 0.25) is 0 Å². The first kappa shape index (κ1) is 19.3. The number of carbonyl (C=O) groups excluding carboxylic acids is 2. The molecule has 1 amide bonds. The summed E-state index contributed by atoms with van der Waals surface area (Å²) < 4.78 is 55.2. The molecular formula is C15H18F2N2O5S. The normalized spacial score (nSPS) is 16.4. The summed E-state index contributed by atoms with van der Waals surface area (Å²) in [6.45, 7) is -0.181. The highest BCUT2D eigenvalue weighted by atomic mass is 32.2. The topological polar surface area (TPSA) is 92.8 Å². The van der Waals surface area contributed by atoms with Crippen molar-refractivity contribution < 1.29 is 31.5 Å². The van der Waals surface area contributed by atoms with Crippen molar-refractivity contribution in [1.29, 1.82) is 0 Å². The summed E-state index contributed by atoms with van der Waals surface area (Å²) >= 11 is 0. The molecule has 7 nitrogen and oxygen atoms in total. The number of halogens is 2. The zero-order valence-electron chi connectivity index (χ0n) is 13.5. The van der Waals surface area contributed by atoms with Gasteiger partial charge < -0.3 is 10.1 Å². The van der Waals surface area contributed by atoms with Crippen LogP contribution in [0.1, 0.15) is 12.8 Å². The van der Waals surface area contributed by atoms with Crippen molar-refractivity contribution in [1.82, 2.24) is 4.31 Å². The summed E-state index contributed by atoms with van der Waals surface area (Å²) in [5, 5.41) is 2.18. The molecule has 0 spiro atoms. The van der Waals surface area contributed by atoms with Crippen LogP contribution in [-0.4, -0.2) is 50.6 Å². The Bertz CT molecular complexity index is 761. The molecule has 1 aliphatic rings. The Morgan fingerprint density at radius 1 is 1.28 bits per heavy atom. The maximum Gasteiger partial charge on any atom is 0.309 e. The minimum Gasteiger partial charge on any atom is -0.455 e. The molecule has 0 bridgehead atoms. The van der Waals surface area contributed by atoms with Gasteiger partial charge in [-0.3, -0.25) is 9.59 Å². The molecule has 1 heterocycles. The molecule has 0 aromatic heterocycles. The molecule has 0 aliphatic carbocycles. The van der Waals surface area contributed by atoms with Crippen molar-refractivity contribution in [2.75, 3.05) is 31.3 Å². The molecule has 0 atom stereocenters. The first-order chi connectivity index (χ1) is 11.7. The highest BCUT2D eigenvalue weighted by Gasteiger charge is 2.30. The maximum atomic E-state index is 13.4. The molecule has 25 heavy (non-hydrogen) atoms. The van der Waals surface area contributed by atoms with Gasteiger partial charge in [0.1, 0.15) is 11.6 Å². The van der Waals surface area contributed by atoms with Crippen LogP contribution in [0.4, 0.5) is 14.5 Å². The predicted octanol–water partition coefficient (Wildman–Crippen LogP) is 1.12. The van der Waals surface area contributed by atoms with Gasteiger partial charge >= 0.3 is 5.97 Å². The van der Waals surface area contributed by atoms with Crippen LogP contribution >= 0.6 is 0 Å². The number of amides is 1. The Balaban J connectivity index is 1.79. The molecule has 1 saturated heterocycles. The van der Waals surface area contributed by atoms with E-state index >= 15 is 0 Å². The lowest BCUT2D eigenvalue weighted by molar-refractivity contribution is -0.152. The van der Waals surface area contributed by atoms with Gasteiger partial charge in [-0.1, -0.05) is 0 Å². The Kier molecular flexibility index (Phi) is 6.07. The molecule has 0 saturated carbocycles. The minimum absolute atomic E-state index is 0.214. The third kappa shape index (κ3) is 5.46. The zero-order valence-corrected chi connectivity index (χ0v) is 14.3. The first-order valence-electron chi connectivity index (χ1n) is 7.53. The van der Waals surface area contributed by atoms with Gasteiger partial charge in [0, 0.05) is 19.2 Å². The van der Waals surface area contributed by atoms with Crippen molar-refractivity contribution >= 4 is 27.6 Å². The van der Waals surface area contributed by atoms with Crippen molar-refractivity contribution in [2.24, 2.45) is 5.92 Å². The van der Waals surface area contributed by atoms with E-state index in [1.54, 1.807) is 0 Å². The largest absolute Gasteiger partial charge is 0.455 e.